The summed E-state index contributed by atoms with van der Waals surface area (Å²) in [5.74, 6) is -1.91. The van der Waals surface area contributed by atoms with Crippen LogP contribution in [0.4, 0.5) is 24.5 Å². The topological polar surface area (TPSA) is 75.5 Å². The van der Waals surface area contributed by atoms with Crippen molar-refractivity contribution in [2.45, 2.75) is 19.0 Å². The van der Waals surface area contributed by atoms with Crippen molar-refractivity contribution in [3.8, 4) is 0 Å². The van der Waals surface area contributed by atoms with Crippen molar-refractivity contribution < 1.29 is 22.9 Å². The third kappa shape index (κ3) is 4.57. The number of nitrogens with one attached hydrogen (secondary N) is 1. The van der Waals surface area contributed by atoms with Crippen LogP contribution in [-0.4, -0.2) is 36.6 Å². The quantitative estimate of drug-likeness (QED) is 0.679. The summed E-state index contributed by atoms with van der Waals surface area (Å²) in [6, 6.07) is 6.16. The number of nitrogens with zero attached hydrogens (tertiary/aromatic N) is 2. The molecule has 0 unspecified atom stereocenters. The molecule has 126 valence electrons. The Morgan fingerprint density at radius 3 is 2.30 bits per heavy atom. The van der Waals surface area contributed by atoms with E-state index in [0.29, 0.717) is 25.9 Å². The van der Waals surface area contributed by atoms with Crippen molar-refractivity contribution in [2.75, 3.05) is 24.5 Å². The van der Waals surface area contributed by atoms with Crippen LogP contribution in [0.2, 0.25) is 0 Å². The third-order valence-electron chi connectivity index (χ3n) is 3.85. The number of halogens is 3. The molecule has 1 aliphatic heterocycles. The van der Waals surface area contributed by atoms with Gasteiger partial charge in [-0.1, -0.05) is 0 Å². The summed E-state index contributed by atoms with van der Waals surface area (Å²) in [7, 11) is 0. The number of nitro benzene ring substituents is 1. The highest BCUT2D eigenvalue weighted by Crippen LogP contribution is 2.25. The molecule has 6 nitrogen and oxygen atoms in total. The van der Waals surface area contributed by atoms with Crippen LogP contribution >= 0.6 is 0 Å². The van der Waals surface area contributed by atoms with Crippen molar-refractivity contribution in [1.82, 2.24) is 5.32 Å². The fraction of sp³-hybridized carbons (Fsp3) is 0.500. The predicted molar refractivity (Wildman–Crippen MR) is 77.1 cm³/mol. The molecule has 9 heteroatoms. The molecule has 0 atom stereocenters. The van der Waals surface area contributed by atoms with Crippen molar-refractivity contribution in [3.05, 3.63) is 34.4 Å². The van der Waals surface area contributed by atoms with Gasteiger partial charge in [-0.2, -0.15) is 13.2 Å². The monoisotopic (exact) mass is 331 g/mol. The molecular formula is C14H16F3N3O3. The molecule has 1 aromatic rings. The molecule has 1 amide bonds. The fourth-order valence-corrected chi connectivity index (χ4v) is 2.52. The summed E-state index contributed by atoms with van der Waals surface area (Å²) in [6.07, 6.45) is -3.55. The van der Waals surface area contributed by atoms with Crippen LogP contribution < -0.4 is 10.2 Å². The van der Waals surface area contributed by atoms with Gasteiger partial charge in [0.1, 0.15) is 0 Å². The number of rotatable bonds is 4. The lowest BCUT2D eigenvalue weighted by atomic mass is 9.96. The third-order valence-corrected chi connectivity index (χ3v) is 3.85. The summed E-state index contributed by atoms with van der Waals surface area (Å²) >= 11 is 0. The lowest BCUT2D eigenvalue weighted by Crippen LogP contribution is -2.42. The fourth-order valence-electron chi connectivity index (χ4n) is 2.52. The lowest BCUT2D eigenvalue weighted by Gasteiger charge is -2.33. The van der Waals surface area contributed by atoms with E-state index >= 15 is 0 Å². The van der Waals surface area contributed by atoms with Crippen LogP contribution in [0.15, 0.2) is 24.3 Å². The molecule has 23 heavy (non-hydrogen) atoms. The number of benzene rings is 1. The van der Waals surface area contributed by atoms with E-state index in [9.17, 15) is 28.1 Å². The minimum absolute atomic E-state index is 0.00408. The molecule has 0 aromatic heterocycles. The molecule has 0 bridgehead atoms. The first-order valence-electron chi connectivity index (χ1n) is 7.12. The zero-order chi connectivity index (χ0) is 17.0. The van der Waals surface area contributed by atoms with E-state index in [1.807, 2.05) is 10.2 Å². The van der Waals surface area contributed by atoms with Crippen LogP contribution in [-0.2, 0) is 4.79 Å². The second kappa shape index (κ2) is 6.84. The number of nitro groups is 1. The summed E-state index contributed by atoms with van der Waals surface area (Å²) in [6.45, 7) is 1.27. The van der Waals surface area contributed by atoms with E-state index in [0.717, 1.165) is 5.69 Å². The Morgan fingerprint density at radius 2 is 1.83 bits per heavy atom. The molecule has 1 fully saturated rings. The van der Waals surface area contributed by atoms with Crippen molar-refractivity contribution >= 4 is 17.3 Å². The second-order valence-electron chi connectivity index (χ2n) is 5.41. The summed E-state index contributed by atoms with van der Waals surface area (Å²) in [5.41, 5.74) is 0.854. The zero-order valence-electron chi connectivity index (χ0n) is 12.2. The molecule has 0 radical (unpaired) electrons. The number of alkyl halides is 3. The normalized spacial score (nSPS) is 16.2. The number of hydrogen-bond acceptors (Lipinski definition) is 4. The average Bonchev–Trinajstić information content (AvgIpc) is 2.52. The molecule has 1 aromatic carbocycles. The number of carbonyl (C=O) groups is 1. The number of non-ortho nitro benzene ring substituents is 1. The maximum atomic E-state index is 12.1. The van der Waals surface area contributed by atoms with E-state index in [4.69, 9.17) is 0 Å². The van der Waals surface area contributed by atoms with Gasteiger partial charge in [0.05, 0.1) is 4.92 Å². The van der Waals surface area contributed by atoms with Crippen LogP contribution in [0, 0.1) is 16.0 Å². The Hall–Kier alpha value is -2.32. The van der Waals surface area contributed by atoms with Crippen LogP contribution in [0.5, 0.6) is 0 Å². The van der Waals surface area contributed by atoms with Gasteiger partial charge in [0, 0.05) is 37.5 Å². The van der Waals surface area contributed by atoms with Crippen molar-refractivity contribution in [2.24, 2.45) is 5.92 Å². The van der Waals surface area contributed by atoms with Crippen molar-refractivity contribution in [1.29, 1.82) is 0 Å². The highest BCUT2D eigenvalue weighted by molar-refractivity contribution is 5.81. The zero-order valence-corrected chi connectivity index (χ0v) is 12.2. The maximum Gasteiger partial charge on any atom is 0.471 e. The van der Waals surface area contributed by atoms with Gasteiger partial charge in [-0.25, -0.2) is 0 Å². The van der Waals surface area contributed by atoms with Crippen LogP contribution in [0.3, 0.4) is 0 Å². The van der Waals surface area contributed by atoms with Crippen molar-refractivity contribution in [3.63, 3.8) is 0 Å². The van der Waals surface area contributed by atoms with Crippen LogP contribution in [0.1, 0.15) is 12.8 Å². The SMILES string of the molecule is O=C(NCC1CCN(c2ccc([N+](=O)[O-])cc2)CC1)C(F)(F)F. The highest BCUT2D eigenvalue weighted by Gasteiger charge is 2.38. The van der Waals surface area contributed by atoms with E-state index < -0.39 is 17.0 Å². The molecule has 1 heterocycles. The Bertz CT molecular complexity index is 567. The van der Waals surface area contributed by atoms with E-state index in [1.165, 1.54) is 12.1 Å². The number of carbonyl (C=O) groups excluding carboxylic acids is 1. The number of anilines is 1. The van der Waals surface area contributed by atoms with E-state index in [2.05, 4.69) is 0 Å². The van der Waals surface area contributed by atoms with Gasteiger partial charge in [-0.05, 0) is 30.9 Å². The first-order valence-corrected chi connectivity index (χ1v) is 7.12. The number of piperidine rings is 1. The second-order valence-corrected chi connectivity index (χ2v) is 5.41. The Morgan fingerprint density at radius 1 is 1.26 bits per heavy atom. The molecule has 1 N–H and O–H groups in total. The number of amides is 1. The molecule has 0 saturated carbocycles. The standard InChI is InChI=1S/C14H16F3N3O3/c15-14(16,17)13(21)18-9-10-5-7-19(8-6-10)11-1-3-12(4-2-11)20(22)23/h1-4,10H,5-9H2,(H,18,21). The molecule has 0 aliphatic carbocycles. The first-order chi connectivity index (χ1) is 10.8. The predicted octanol–water partition coefficient (Wildman–Crippen LogP) is 2.49. The van der Waals surface area contributed by atoms with Gasteiger partial charge >= 0.3 is 12.1 Å². The first kappa shape index (κ1) is 17.0. The average molecular weight is 331 g/mol. The summed E-state index contributed by atoms with van der Waals surface area (Å²) < 4.78 is 36.3. The van der Waals surface area contributed by atoms with Gasteiger partial charge in [0.15, 0.2) is 0 Å². The molecule has 0 spiro atoms. The van der Waals surface area contributed by atoms with E-state index in [-0.39, 0.29) is 18.2 Å². The van der Waals surface area contributed by atoms with Gasteiger partial charge in [0.2, 0.25) is 0 Å². The molecule has 1 aliphatic rings. The molecule has 1 saturated heterocycles. The smallest absolute Gasteiger partial charge is 0.372 e. The summed E-state index contributed by atoms with van der Waals surface area (Å²) in [4.78, 5) is 22.9. The van der Waals surface area contributed by atoms with Gasteiger partial charge in [-0.3, -0.25) is 14.9 Å². The van der Waals surface area contributed by atoms with Gasteiger partial charge in [0.25, 0.3) is 5.69 Å². The number of hydrogen-bond donors (Lipinski definition) is 1. The van der Waals surface area contributed by atoms with Gasteiger partial charge < -0.3 is 10.2 Å². The highest BCUT2D eigenvalue weighted by atomic mass is 19.4. The summed E-state index contributed by atoms with van der Waals surface area (Å²) in [5, 5.41) is 12.5. The minimum atomic E-state index is -4.85. The Kier molecular flexibility index (Phi) is 5.07. The minimum Gasteiger partial charge on any atom is -0.372 e. The maximum absolute atomic E-state index is 12.1. The van der Waals surface area contributed by atoms with E-state index in [1.54, 1.807) is 12.1 Å². The van der Waals surface area contributed by atoms with Crippen LogP contribution in [0.25, 0.3) is 0 Å². The van der Waals surface area contributed by atoms with Gasteiger partial charge in [-0.15, -0.1) is 0 Å². The molecular weight excluding hydrogens is 315 g/mol. The largest absolute Gasteiger partial charge is 0.471 e. The Labute approximate surface area is 130 Å². The lowest BCUT2D eigenvalue weighted by molar-refractivity contribution is -0.384. The molecule has 2 rings (SSSR count). The Balaban J connectivity index is 1.82.